The maximum Gasteiger partial charge on any atom is 0.227 e. The van der Waals surface area contributed by atoms with Gasteiger partial charge in [0.05, 0.1) is 6.61 Å². The molecule has 0 amide bonds. The molecule has 1 aliphatic heterocycles. The molecule has 0 bridgehead atoms. The van der Waals surface area contributed by atoms with Crippen molar-refractivity contribution in [2.24, 2.45) is 5.41 Å². The fraction of sp³-hybridized carbons (Fsp3) is 0.346. The van der Waals surface area contributed by atoms with Crippen LogP contribution in [0.2, 0.25) is 0 Å². The summed E-state index contributed by atoms with van der Waals surface area (Å²) in [5, 5.41) is 8.99. The molecule has 5 rings (SSSR count). The standard InChI is InChI=1S/C26H28N4O2S/c1-4-32-21-13-9-8-12-18(21)23-22-19(14-26(2,3)15-20(22)31)27-24-28-25(29-30(23)24)33-16-17-10-6-5-7-11-17/h5-13,23H,4,14-16H2,1-3H3,(H,27,28,29). The summed E-state index contributed by atoms with van der Waals surface area (Å²) in [6.07, 6.45) is 1.31. The normalized spacial score (nSPS) is 19.0. The number of carbonyl (C=O) groups excluding carboxylic acids is 1. The van der Waals surface area contributed by atoms with Crippen LogP contribution in [0.1, 0.15) is 50.8 Å². The number of nitrogens with zero attached hydrogens (tertiary/aromatic N) is 3. The number of thioether (sulfide) groups is 1. The second-order valence-electron chi connectivity index (χ2n) is 9.27. The molecule has 1 aliphatic carbocycles. The molecule has 1 unspecified atom stereocenters. The average Bonchev–Trinajstić information content (AvgIpc) is 3.19. The van der Waals surface area contributed by atoms with Crippen molar-refractivity contribution in [2.75, 3.05) is 11.9 Å². The lowest BCUT2D eigenvalue weighted by molar-refractivity contribution is -0.118. The molecule has 1 atom stereocenters. The summed E-state index contributed by atoms with van der Waals surface area (Å²) < 4.78 is 7.81. The fourth-order valence-corrected chi connectivity index (χ4v) is 5.44. The van der Waals surface area contributed by atoms with Crippen LogP contribution in [0.4, 0.5) is 5.95 Å². The van der Waals surface area contributed by atoms with Crippen LogP contribution in [0.3, 0.4) is 0 Å². The van der Waals surface area contributed by atoms with Crippen LogP contribution < -0.4 is 10.1 Å². The van der Waals surface area contributed by atoms with E-state index in [1.807, 2.05) is 54.1 Å². The highest BCUT2D eigenvalue weighted by molar-refractivity contribution is 7.98. The molecule has 6 nitrogen and oxygen atoms in total. The SMILES string of the molecule is CCOc1ccccc1C1C2=C(CC(C)(C)CC2=O)Nc2nc(SCc3ccccc3)nn21. The third kappa shape index (κ3) is 4.29. The quantitative estimate of drug-likeness (QED) is 0.481. The van der Waals surface area contributed by atoms with Gasteiger partial charge in [0.25, 0.3) is 0 Å². The number of rotatable bonds is 6. The zero-order chi connectivity index (χ0) is 23.0. The first kappa shape index (κ1) is 21.8. The van der Waals surface area contributed by atoms with Gasteiger partial charge in [0.15, 0.2) is 5.78 Å². The van der Waals surface area contributed by atoms with Crippen molar-refractivity contribution in [1.29, 1.82) is 0 Å². The first-order chi connectivity index (χ1) is 15.9. The Labute approximate surface area is 198 Å². The lowest BCUT2D eigenvalue weighted by Crippen LogP contribution is -2.36. The second kappa shape index (κ2) is 8.71. The van der Waals surface area contributed by atoms with E-state index in [1.54, 1.807) is 11.8 Å². The molecule has 0 saturated carbocycles. The molecular weight excluding hydrogens is 432 g/mol. The molecule has 1 N–H and O–H groups in total. The van der Waals surface area contributed by atoms with Crippen LogP contribution in [0, 0.1) is 5.41 Å². The number of Topliss-reactive ketones (excluding diaryl/α,β-unsaturated/α-hetero) is 1. The largest absolute Gasteiger partial charge is 0.494 e. The second-order valence-corrected chi connectivity index (χ2v) is 10.2. The molecule has 2 aromatic carbocycles. The van der Waals surface area contributed by atoms with Crippen molar-refractivity contribution in [1.82, 2.24) is 14.8 Å². The van der Waals surface area contributed by atoms with Crippen molar-refractivity contribution in [3.63, 3.8) is 0 Å². The van der Waals surface area contributed by atoms with Crippen molar-refractivity contribution in [3.8, 4) is 5.75 Å². The summed E-state index contributed by atoms with van der Waals surface area (Å²) in [4.78, 5) is 18.2. The van der Waals surface area contributed by atoms with Gasteiger partial charge in [-0.25, -0.2) is 4.68 Å². The number of nitrogens with one attached hydrogen (secondary N) is 1. The van der Waals surface area contributed by atoms with Gasteiger partial charge in [-0.2, -0.15) is 4.98 Å². The predicted octanol–water partition coefficient (Wildman–Crippen LogP) is 5.63. The third-order valence-electron chi connectivity index (χ3n) is 6.04. The van der Waals surface area contributed by atoms with Gasteiger partial charge >= 0.3 is 0 Å². The van der Waals surface area contributed by atoms with Crippen molar-refractivity contribution < 1.29 is 9.53 Å². The van der Waals surface area contributed by atoms with Crippen molar-refractivity contribution in [2.45, 2.75) is 50.6 Å². The highest BCUT2D eigenvalue weighted by Crippen LogP contribution is 2.47. The maximum absolute atomic E-state index is 13.4. The van der Waals surface area contributed by atoms with E-state index < -0.39 is 0 Å². The molecule has 170 valence electrons. The smallest absolute Gasteiger partial charge is 0.227 e. The highest BCUT2D eigenvalue weighted by atomic mass is 32.2. The van der Waals surface area contributed by atoms with E-state index in [0.717, 1.165) is 34.8 Å². The number of allylic oxidation sites excluding steroid dienone is 2. The van der Waals surface area contributed by atoms with Crippen LogP contribution in [0.5, 0.6) is 5.75 Å². The van der Waals surface area contributed by atoms with Crippen LogP contribution >= 0.6 is 11.8 Å². The summed E-state index contributed by atoms with van der Waals surface area (Å²) in [5.41, 5.74) is 3.79. The monoisotopic (exact) mass is 460 g/mol. The molecule has 3 aromatic rings. The fourth-order valence-electron chi connectivity index (χ4n) is 4.65. The van der Waals surface area contributed by atoms with Crippen LogP contribution in [0.25, 0.3) is 0 Å². The highest BCUT2D eigenvalue weighted by Gasteiger charge is 2.42. The Morgan fingerprint density at radius 3 is 2.67 bits per heavy atom. The van der Waals surface area contributed by atoms with Gasteiger partial charge in [0.1, 0.15) is 11.8 Å². The van der Waals surface area contributed by atoms with E-state index in [1.165, 1.54) is 5.56 Å². The van der Waals surface area contributed by atoms with E-state index in [4.69, 9.17) is 14.8 Å². The number of hydrogen-bond acceptors (Lipinski definition) is 6. The van der Waals surface area contributed by atoms with E-state index in [9.17, 15) is 4.79 Å². The molecule has 0 saturated heterocycles. The van der Waals surface area contributed by atoms with Gasteiger partial charge < -0.3 is 10.1 Å². The number of ether oxygens (including phenoxy) is 1. The Balaban J connectivity index is 1.57. The van der Waals surface area contributed by atoms with E-state index in [-0.39, 0.29) is 17.2 Å². The zero-order valence-electron chi connectivity index (χ0n) is 19.2. The zero-order valence-corrected chi connectivity index (χ0v) is 20.0. The van der Waals surface area contributed by atoms with Gasteiger partial charge in [-0.1, -0.05) is 74.1 Å². The van der Waals surface area contributed by atoms with Crippen molar-refractivity contribution in [3.05, 3.63) is 77.0 Å². The van der Waals surface area contributed by atoms with Crippen molar-refractivity contribution >= 4 is 23.5 Å². The number of fused-ring (bicyclic) bond motifs is 1. The minimum Gasteiger partial charge on any atom is -0.494 e. The minimum absolute atomic E-state index is 0.0972. The van der Waals surface area contributed by atoms with Gasteiger partial charge in [0.2, 0.25) is 11.1 Å². The lowest BCUT2D eigenvalue weighted by Gasteiger charge is -2.38. The first-order valence-electron chi connectivity index (χ1n) is 11.3. The van der Waals surface area contributed by atoms with Crippen LogP contribution in [-0.2, 0) is 10.5 Å². The molecule has 2 aliphatic rings. The summed E-state index contributed by atoms with van der Waals surface area (Å²) in [6, 6.07) is 17.9. The molecule has 2 heterocycles. The Hall–Kier alpha value is -3.06. The number of ketones is 1. The Bertz CT molecular complexity index is 1220. The van der Waals surface area contributed by atoms with Gasteiger partial charge in [-0.3, -0.25) is 4.79 Å². The number of aromatic nitrogens is 3. The maximum atomic E-state index is 13.4. The van der Waals surface area contributed by atoms with Gasteiger partial charge in [-0.05, 0) is 30.4 Å². The molecule has 7 heteroatoms. The number of para-hydroxylation sites is 1. The van der Waals surface area contributed by atoms with E-state index >= 15 is 0 Å². The number of carbonyl (C=O) groups is 1. The Morgan fingerprint density at radius 2 is 1.88 bits per heavy atom. The molecule has 1 aromatic heterocycles. The Kier molecular flexibility index (Phi) is 5.74. The molecule has 33 heavy (non-hydrogen) atoms. The van der Waals surface area contributed by atoms with Gasteiger partial charge in [-0.15, -0.1) is 5.10 Å². The molecular formula is C26H28N4O2S. The summed E-state index contributed by atoms with van der Waals surface area (Å²) in [7, 11) is 0. The first-order valence-corrected chi connectivity index (χ1v) is 12.3. The topological polar surface area (TPSA) is 69.0 Å². The molecule has 0 fully saturated rings. The number of anilines is 1. The lowest BCUT2D eigenvalue weighted by atomic mass is 9.73. The predicted molar refractivity (Wildman–Crippen MR) is 130 cm³/mol. The number of hydrogen-bond donors (Lipinski definition) is 1. The summed E-state index contributed by atoms with van der Waals surface area (Å²) in [5.74, 6) is 2.39. The van der Waals surface area contributed by atoms with E-state index in [0.29, 0.717) is 24.1 Å². The van der Waals surface area contributed by atoms with Crippen LogP contribution in [0.15, 0.2) is 71.0 Å². The average molecular weight is 461 g/mol. The summed E-state index contributed by atoms with van der Waals surface area (Å²) >= 11 is 1.59. The minimum atomic E-state index is -0.360. The van der Waals surface area contributed by atoms with E-state index in [2.05, 4.69) is 31.3 Å². The molecule has 0 spiro atoms. The summed E-state index contributed by atoms with van der Waals surface area (Å²) in [6.45, 7) is 6.80. The van der Waals surface area contributed by atoms with Gasteiger partial charge in [0, 0.05) is 29.0 Å². The Morgan fingerprint density at radius 1 is 1.12 bits per heavy atom. The molecule has 0 radical (unpaired) electrons. The third-order valence-corrected chi connectivity index (χ3v) is 6.95. The van der Waals surface area contributed by atoms with Crippen LogP contribution in [-0.4, -0.2) is 27.2 Å². The number of benzene rings is 2.